The molecule has 2 unspecified atom stereocenters. The van der Waals surface area contributed by atoms with Crippen LogP contribution in [0.4, 0.5) is 0 Å². The zero-order chi connectivity index (χ0) is 8.27. The smallest absolute Gasteiger partial charge is 0.247 e. The molecule has 1 aliphatic heterocycles. The summed E-state index contributed by atoms with van der Waals surface area (Å²) in [6, 6.07) is 0. The summed E-state index contributed by atoms with van der Waals surface area (Å²) in [7, 11) is 0. The van der Waals surface area contributed by atoms with Crippen LogP contribution in [-0.4, -0.2) is 24.2 Å². The molecule has 1 saturated heterocycles. The van der Waals surface area contributed by atoms with Gasteiger partial charge in [-0.1, -0.05) is 6.92 Å². The number of amides is 1. The van der Waals surface area contributed by atoms with Gasteiger partial charge in [-0.3, -0.25) is 10.0 Å². The van der Waals surface area contributed by atoms with Gasteiger partial charge in [-0.2, -0.15) is 0 Å². The minimum Gasteiger partial charge on any atom is -0.316 e. The molecule has 1 rings (SSSR count). The standard InChI is InChI=1S/C7H14N2O2/c1-5-2-6(4-8-3-5)7(10)9-11/h5-6,8,11H,2-4H2,1H3,(H,9,10). The Bertz CT molecular complexity index is 149. The topological polar surface area (TPSA) is 61.4 Å². The van der Waals surface area contributed by atoms with E-state index in [9.17, 15) is 4.79 Å². The molecule has 1 heterocycles. The molecule has 0 aromatic rings. The minimum atomic E-state index is -0.274. The van der Waals surface area contributed by atoms with E-state index in [1.807, 2.05) is 0 Å². The van der Waals surface area contributed by atoms with Gasteiger partial charge in [-0.15, -0.1) is 0 Å². The molecular weight excluding hydrogens is 144 g/mol. The predicted molar refractivity (Wildman–Crippen MR) is 40.1 cm³/mol. The monoisotopic (exact) mass is 158 g/mol. The van der Waals surface area contributed by atoms with Crippen LogP contribution in [0.2, 0.25) is 0 Å². The van der Waals surface area contributed by atoms with Gasteiger partial charge in [0.2, 0.25) is 5.91 Å². The SMILES string of the molecule is CC1CNCC(C(=O)NO)C1. The van der Waals surface area contributed by atoms with Crippen LogP contribution in [0.25, 0.3) is 0 Å². The summed E-state index contributed by atoms with van der Waals surface area (Å²) < 4.78 is 0. The van der Waals surface area contributed by atoms with Crippen LogP contribution in [0, 0.1) is 11.8 Å². The quantitative estimate of drug-likeness (QED) is 0.364. The van der Waals surface area contributed by atoms with Crippen LogP contribution in [0.5, 0.6) is 0 Å². The van der Waals surface area contributed by atoms with Crippen molar-refractivity contribution in [2.24, 2.45) is 11.8 Å². The average molecular weight is 158 g/mol. The second kappa shape index (κ2) is 3.69. The van der Waals surface area contributed by atoms with Crippen molar-refractivity contribution in [3.63, 3.8) is 0 Å². The van der Waals surface area contributed by atoms with Crippen molar-refractivity contribution in [2.45, 2.75) is 13.3 Å². The maximum atomic E-state index is 10.9. The van der Waals surface area contributed by atoms with Crippen LogP contribution in [-0.2, 0) is 4.79 Å². The second-order valence-electron chi connectivity index (χ2n) is 3.17. The fourth-order valence-corrected chi connectivity index (χ4v) is 1.45. The van der Waals surface area contributed by atoms with Crippen LogP contribution >= 0.6 is 0 Å². The lowest BCUT2D eigenvalue weighted by atomic mass is 9.91. The van der Waals surface area contributed by atoms with Gasteiger partial charge in [0.25, 0.3) is 0 Å². The Morgan fingerprint density at radius 1 is 1.64 bits per heavy atom. The van der Waals surface area contributed by atoms with Crippen LogP contribution in [0.15, 0.2) is 0 Å². The molecule has 1 fully saturated rings. The highest BCUT2D eigenvalue weighted by atomic mass is 16.5. The van der Waals surface area contributed by atoms with E-state index in [2.05, 4.69) is 12.2 Å². The number of hydrogen-bond acceptors (Lipinski definition) is 3. The van der Waals surface area contributed by atoms with E-state index in [1.165, 1.54) is 0 Å². The molecule has 0 aromatic heterocycles. The first-order valence-corrected chi connectivity index (χ1v) is 3.88. The molecule has 4 heteroatoms. The molecule has 1 aliphatic rings. The Balaban J connectivity index is 2.39. The number of rotatable bonds is 1. The Morgan fingerprint density at radius 3 is 2.91 bits per heavy atom. The van der Waals surface area contributed by atoms with Gasteiger partial charge < -0.3 is 5.32 Å². The molecule has 11 heavy (non-hydrogen) atoms. The highest BCUT2D eigenvalue weighted by Crippen LogP contribution is 2.15. The van der Waals surface area contributed by atoms with Crippen LogP contribution in [0.1, 0.15) is 13.3 Å². The number of carbonyl (C=O) groups is 1. The summed E-state index contributed by atoms with van der Waals surface area (Å²) >= 11 is 0. The zero-order valence-corrected chi connectivity index (χ0v) is 6.63. The van der Waals surface area contributed by atoms with E-state index < -0.39 is 0 Å². The van der Waals surface area contributed by atoms with Crippen molar-refractivity contribution in [3.8, 4) is 0 Å². The van der Waals surface area contributed by atoms with Gasteiger partial charge in [0, 0.05) is 6.54 Å². The largest absolute Gasteiger partial charge is 0.316 e. The normalized spacial score (nSPS) is 31.5. The lowest BCUT2D eigenvalue weighted by Gasteiger charge is -2.25. The first kappa shape index (κ1) is 8.49. The lowest BCUT2D eigenvalue weighted by molar-refractivity contribution is -0.134. The summed E-state index contributed by atoms with van der Waals surface area (Å²) in [6.45, 7) is 3.73. The number of carbonyl (C=O) groups excluding carboxylic acids is 1. The molecule has 0 spiro atoms. The highest BCUT2D eigenvalue weighted by Gasteiger charge is 2.23. The van der Waals surface area contributed by atoms with Gasteiger partial charge in [-0.25, -0.2) is 5.48 Å². The average Bonchev–Trinajstić information content (AvgIpc) is 2.03. The maximum absolute atomic E-state index is 10.9. The summed E-state index contributed by atoms with van der Waals surface area (Å²) in [5.74, 6) is 0.179. The van der Waals surface area contributed by atoms with Crippen molar-refractivity contribution in [1.29, 1.82) is 0 Å². The number of nitrogens with one attached hydrogen (secondary N) is 2. The molecule has 0 saturated carbocycles. The van der Waals surface area contributed by atoms with Gasteiger partial charge in [-0.05, 0) is 18.9 Å². The zero-order valence-electron chi connectivity index (χ0n) is 6.63. The minimum absolute atomic E-state index is 0.0660. The molecule has 3 N–H and O–H groups in total. The molecule has 2 atom stereocenters. The number of hydroxylamine groups is 1. The molecular formula is C7H14N2O2. The third-order valence-electron chi connectivity index (χ3n) is 2.05. The molecule has 0 aliphatic carbocycles. The Hall–Kier alpha value is -0.610. The predicted octanol–water partition coefficient (Wildman–Crippen LogP) is -0.263. The molecule has 4 nitrogen and oxygen atoms in total. The second-order valence-corrected chi connectivity index (χ2v) is 3.17. The van der Waals surface area contributed by atoms with Gasteiger partial charge in [0.1, 0.15) is 0 Å². The first-order chi connectivity index (χ1) is 5.24. The van der Waals surface area contributed by atoms with E-state index in [1.54, 1.807) is 5.48 Å². The van der Waals surface area contributed by atoms with Crippen molar-refractivity contribution in [3.05, 3.63) is 0 Å². The Labute approximate surface area is 65.9 Å². The molecule has 0 radical (unpaired) electrons. The van der Waals surface area contributed by atoms with Gasteiger partial charge in [0.15, 0.2) is 0 Å². The van der Waals surface area contributed by atoms with Crippen molar-refractivity contribution < 1.29 is 10.0 Å². The van der Waals surface area contributed by atoms with Crippen LogP contribution in [0.3, 0.4) is 0 Å². The van der Waals surface area contributed by atoms with E-state index in [4.69, 9.17) is 5.21 Å². The first-order valence-electron chi connectivity index (χ1n) is 3.88. The molecule has 1 amide bonds. The number of hydrogen-bond donors (Lipinski definition) is 3. The summed E-state index contributed by atoms with van der Waals surface area (Å²) in [5.41, 5.74) is 1.68. The fourth-order valence-electron chi connectivity index (χ4n) is 1.45. The lowest BCUT2D eigenvalue weighted by Crippen LogP contribution is -2.42. The summed E-state index contributed by atoms with van der Waals surface area (Å²) in [5, 5.41) is 11.5. The third-order valence-corrected chi connectivity index (χ3v) is 2.05. The van der Waals surface area contributed by atoms with Crippen molar-refractivity contribution >= 4 is 5.91 Å². The Kier molecular flexibility index (Phi) is 2.84. The van der Waals surface area contributed by atoms with Crippen LogP contribution < -0.4 is 10.8 Å². The summed E-state index contributed by atoms with van der Waals surface area (Å²) in [4.78, 5) is 10.9. The van der Waals surface area contributed by atoms with Gasteiger partial charge >= 0.3 is 0 Å². The van der Waals surface area contributed by atoms with E-state index in [0.717, 1.165) is 13.0 Å². The van der Waals surface area contributed by atoms with E-state index in [0.29, 0.717) is 12.5 Å². The van der Waals surface area contributed by atoms with Crippen molar-refractivity contribution in [2.75, 3.05) is 13.1 Å². The van der Waals surface area contributed by atoms with E-state index in [-0.39, 0.29) is 11.8 Å². The van der Waals surface area contributed by atoms with E-state index >= 15 is 0 Å². The number of piperidine rings is 1. The molecule has 64 valence electrons. The molecule has 0 aromatic carbocycles. The van der Waals surface area contributed by atoms with Crippen molar-refractivity contribution in [1.82, 2.24) is 10.8 Å². The fraction of sp³-hybridized carbons (Fsp3) is 0.857. The maximum Gasteiger partial charge on any atom is 0.247 e. The van der Waals surface area contributed by atoms with Gasteiger partial charge in [0.05, 0.1) is 5.92 Å². The highest BCUT2D eigenvalue weighted by molar-refractivity contribution is 5.77. The third kappa shape index (κ3) is 2.17. The summed E-state index contributed by atoms with van der Waals surface area (Å²) in [6.07, 6.45) is 0.861. The molecule has 0 bridgehead atoms. The Morgan fingerprint density at radius 2 is 2.36 bits per heavy atom.